The smallest absolute Gasteiger partial charge is 0.222 e. The minimum absolute atomic E-state index is 0.325. The minimum atomic E-state index is 0.325. The van der Waals surface area contributed by atoms with Crippen molar-refractivity contribution in [2.24, 2.45) is 5.92 Å². The van der Waals surface area contributed by atoms with Crippen molar-refractivity contribution in [1.29, 1.82) is 0 Å². The van der Waals surface area contributed by atoms with E-state index < -0.39 is 0 Å². The van der Waals surface area contributed by atoms with Crippen molar-refractivity contribution in [3.05, 3.63) is 0 Å². The number of rotatable bonds is 1. The fourth-order valence-corrected chi connectivity index (χ4v) is 2.36. The summed E-state index contributed by atoms with van der Waals surface area (Å²) in [6, 6.07) is 0.512. The number of amides is 1. The van der Waals surface area contributed by atoms with E-state index in [1.807, 2.05) is 6.92 Å². The Morgan fingerprint density at radius 1 is 1.58 bits per heavy atom. The fraction of sp³-hybridized carbons (Fsp3) is 0.889. The van der Waals surface area contributed by atoms with Gasteiger partial charge in [-0.15, -0.1) is 0 Å². The Morgan fingerprint density at radius 3 is 3.17 bits per heavy atom. The fourth-order valence-electron chi connectivity index (χ4n) is 2.36. The maximum Gasteiger partial charge on any atom is 0.222 e. The summed E-state index contributed by atoms with van der Waals surface area (Å²) >= 11 is 0. The second-order valence-corrected chi connectivity index (χ2v) is 3.72. The molecule has 2 aliphatic heterocycles. The van der Waals surface area contributed by atoms with Crippen LogP contribution in [0.1, 0.15) is 19.8 Å². The van der Waals surface area contributed by atoms with E-state index in [0.29, 0.717) is 18.4 Å². The molecule has 12 heavy (non-hydrogen) atoms. The van der Waals surface area contributed by atoms with Gasteiger partial charge in [-0.2, -0.15) is 0 Å². The van der Waals surface area contributed by atoms with Crippen LogP contribution in [-0.2, 0) is 4.79 Å². The van der Waals surface area contributed by atoms with Crippen LogP contribution in [0.4, 0.5) is 0 Å². The highest BCUT2D eigenvalue weighted by Crippen LogP contribution is 2.27. The quantitative estimate of drug-likeness (QED) is 0.607. The summed E-state index contributed by atoms with van der Waals surface area (Å²) < 4.78 is 0. The summed E-state index contributed by atoms with van der Waals surface area (Å²) in [5.74, 6) is 1.06. The second kappa shape index (κ2) is 3.05. The summed E-state index contributed by atoms with van der Waals surface area (Å²) in [5.41, 5.74) is 0. The summed E-state index contributed by atoms with van der Waals surface area (Å²) in [6.07, 6.45) is 1.85. The zero-order valence-electron chi connectivity index (χ0n) is 7.55. The van der Waals surface area contributed by atoms with Crippen LogP contribution < -0.4 is 5.32 Å². The van der Waals surface area contributed by atoms with Crippen molar-refractivity contribution in [3.63, 3.8) is 0 Å². The Morgan fingerprint density at radius 2 is 2.42 bits per heavy atom. The molecule has 0 aromatic carbocycles. The lowest BCUT2D eigenvalue weighted by atomic mass is 10.1. The number of carbonyl (C=O) groups is 1. The molecule has 2 atom stereocenters. The predicted octanol–water partition coefficient (Wildman–Crippen LogP) is 0.217. The zero-order valence-corrected chi connectivity index (χ0v) is 7.55. The maximum absolute atomic E-state index is 11.5. The molecule has 3 nitrogen and oxygen atoms in total. The van der Waals surface area contributed by atoms with Crippen molar-refractivity contribution in [1.82, 2.24) is 10.2 Å². The molecule has 0 spiro atoms. The topological polar surface area (TPSA) is 32.3 Å². The molecule has 0 aromatic rings. The average Bonchev–Trinajstić information content (AvgIpc) is 2.62. The molecular weight excluding hydrogens is 152 g/mol. The van der Waals surface area contributed by atoms with Gasteiger partial charge in [0.1, 0.15) is 0 Å². The molecule has 2 aliphatic rings. The summed E-state index contributed by atoms with van der Waals surface area (Å²) in [4.78, 5) is 13.5. The third-order valence-corrected chi connectivity index (χ3v) is 3.07. The van der Waals surface area contributed by atoms with E-state index in [9.17, 15) is 4.79 Å². The summed E-state index contributed by atoms with van der Waals surface area (Å²) in [6.45, 7) is 5.05. The van der Waals surface area contributed by atoms with Crippen LogP contribution in [0.25, 0.3) is 0 Å². The monoisotopic (exact) mass is 168 g/mol. The lowest BCUT2D eigenvalue weighted by Gasteiger charge is -2.22. The van der Waals surface area contributed by atoms with Crippen molar-refractivity contribution >= 4 is 5.91 Å². The van der Waals surface area contributed by atoms with E-state index >= 15 is 0 Å². The third-order valence-electron chi connectivity index (χ3n) is 3.07. The van der Waals surface area contributed by atoms with Crippen LogP contribution in [0.2, 0.25) is 0 Å². The van der Waals surface area contributed by atoms with Crippen LogP contribution in [0.15, 0.2) is 0 Å². The molecule has 2 heterocycles. The van der Waals surface area contributed by atoms with E-state index in [0.717, 1.165) is 25.6 Å². The lowest BCUT2D eigenvalue weighted by Crippen LogP contribution is -2.38. The Labute approximate surface area is 73.1 Å². The molecule has 0 aliphatic carbocycles. The third kappa shape index (κ3) is 1.12. The largest absolute Gasteiger partial charge is 0.338 e. The van der Waals surface area contributed by atoms with Gasteiger partial charge in [-0.25, -0.2) is 0 Å². The van der Waals surface area contributed by atoms with Crippen LogP contribution in [0, 0.1) is 5.92 Å². The highest BCUT2D eigenvalue weighted by atomic mass is 16.2. The molecule has 0 bridgehead atoms. The molecule has 2 saturated heterocycles. The predicted molar refractivity (Wildman–Crippen MR) is 46.8 cm³/mol. The van der Waals surface area contributed by atoms with Crippen molar-refractivity contribution in [2.45, 2.75) is 25.8 Å². The van der Waals surface area contributed by atoms with Gasteiger partial charge >= 0.3 is 0 Å². The number of likely N-dealkylation sites (tertiary alicyclic amines) is 1. The van der Waals surface area contributed by atoms with Crippen molar-refractivity contribution in [3.8, 4) is 0 Å². The van der Waals surface area contributed by atoms with E-state index in [4.69, 9.17) is 0 Å². The Balaban J connectivity index is 2.04. The first-order valence-electron chi connectivity index (χ1n) is 4.83. The lowest BCUT2D eigenvalue weighted by molar-refractivity contribution is -0.131. The molecule has 0 unspecified atom stereocenters. The van der Waals surface area contributed by atoms with Crippen LogP contribution in [0.3, 0.4) is 0 Å². The van der Waals surface area contributed by atoms with Crippen LogP contribution >= 0.6 is 0 Å². The Kier molecular flexibility index (Phi) is 2.05. The number of carbonyl (C=O) groups excluding carboxylic acids is 1. The highest BCUT2D eigenvalue weighted by Gasteiger charge is 2.38. The highest BCUT2D eigenvalue weighted by molar-refractivity contribution is 5.76. The van der Waals surface area contributed by atoms with E-state index in [2.05, 4.69) is 10.2 Å². The number of hydrogen-bond donors (Lipinski definition) is 1. The van der Waals surface area contributed by atoms with Gasteiger partial charge < -0.3 is 10.2 Å². The second-order valence-electron chi connectivity index (χ2n) is 3.72. The number of fused-ring (bicyclic) bond motifs is 1. The van der Waals surface area contributed by atoms with Gasteiger partial charge in [0.2, 0.25) is 5.91 Å². The zero-order chi connectivity index (χ0) is 8.55. The first kappa shape index (κ1) is 8.05. The maximum atomic E-state index is 11.5. The van der Waals surface area contributed by atoms with E-state index in [-0.39, 0.29) is 0 Å². The molecule has 1 N–H and O–H groups in total. The standard InChI is InChI=1S/C9H16N2O/c1-2-9(12)11-4-3-7-5-10-6-8(7)11/h7-8,10H,2-6H2,1H3/t7-,8+/m0/s1. The average molecular weight is 168 g/mol. The molecule has 0 radical (unpaired) electrons. The van der Waals surface area contributed by atoms with Crippen LogP contribution in [-0.4, -0.2) is 36.5 Å². The molecule has 2 fully saturated rings. The van der Waals surface area contributed by atoms with Gasteiger partial charge in [-0.1, -0.05) is 6.92 Å². The van der Waals surface area contributed by atoms with Gasteiger partial charge in [0.25, 0.3) is 0 Å². The van der Waals surface area contributed by atoms with Gasteiger partial charge in [0.05, 0.1) is 0 Å². The first-order chi connectivity index (χ1) is 5.83. The molecule has 0 aromatic heterocycles. The number of nitrogens with one attached hydrogen (secondary N) is 1. The van der Waals surface area contributed by atoms with Gasteiger partial charge in [-0.05, 0) is 12.3 Å². The van der Waals surface area contributed by atoms with Crippen molar-refractivity contribution in [2.75, 3.05) is 19.6 Å². The minimum Gasteiger partial charge on any atom is -0.338 e. The first-order valence-corrected chi connectivity index (χ1v) is 4.83. The van der Waals surface area contributed by atoms with Gasteiger partial charge in [0.15, 0.2) is 0 Å². The van der Waals surface area contributed by atoms with Gasteiger partial charge in [-0.3, -0.25) is 4.79 Å². The normalized spacial score (nSPS) is 33.9. The van der Waals surface area contributed by atoms with Crippen LogP contribution in [0.5, 0.6) is 0 Å². The SMILES string of the molecule is CCC(=O)N1CC[C@H]2CNC[C@H]21. The summed E-state index contributed by atoms with van der Waals surface area (Å²) in [7, 11) is 0. The van der Waals surface area contributed by atoms with E-state index in [1.54, 1.807) is 0 Å². The molecule has 68 valence electrons. The molecule has 2 rings (SSSR count). The Bertz CT molecular complexity index is 193. The summed E-state index contributed by atoms with van der Waals surface area (Å²) in [5, 5.41) is 3.34. The number of hydrogen-bond acceptors (Lipinski definition) is 2. The Hall–Kier alpha value is -0.570. The molecule has 3 heteroatoms. The van der Waals surface area contributed by atoms with Gasteiger partial charge in [0, 0.05) is 32.1 Å². The molecule has 0 saturated carbocycles. The van der Waals surface area contributed by atoms with Crippen molar-refractivity contribution < 1.29 is 4.79 Å². The van der Waals surface area contributed by atoms with E-state index in [1.165, 1.54) is 6.42 Å². The molecule has 1 amide bonds. The molecular formula is C9H16N2O. The number of nitrogens with zero attached hydrogens (tertiary/aromatic N) is 1.